The Morgan fingerprint density at radius 3 is 2.61 bits per heavy atom. The minimum atomic E-state index is -0.321. The van der Waals surface area contributed by atoms with Crippen LogP contribution < -0.4 is 11.1 Å². The molecule has 3 nitrogen and oxygen atoms in total. The van der Waals surface area contributed by atoms with Crippen LogP contribution in [0.4, 0.5) is 11.4 Å². The van der Waals surface area contributed by atoms with Crippen LogP contribution in [0.5, 0.6) is 0 Å². The Bertz CT molecular complexity index is 610. The summed E-state index contributed by atoms with van der Waals surface area (Å²) in [5, 5.41) is 2.71. The zero-order valence-electron chi connectivity index (χ0n) is 9.46. The number of carbonyl (C=O) groups excluding carboxylic acids is 1. The topological polar surface area (TPSA) is 55.1 Å². The van der Waals surface area contributed by atoms with Gasteiger partial charge in [-0.05, 0) is 30.7 Å². The molecule has 1 heterocycles. The van der Waals surface area contributed by atoms with Gasteiger partial charge in [0, 0.05) is 0 Å². The Morgan fingerprint density at radius 1 is 1.33 bits per heavy atom. The van der Waals surface area contributed by atoms with Gasteiger partial charge in [0.15, 0.2) is 0 Å². The summed E-state index contributed by atoms with van der Waals surface area (Å²) < 4.78 is 0.838. The zero-order valence-corrected chi connectivity index (χ0v) is 11.8. The number of anilines is 2. The van der Waals surface area contributed by atoms with Crippen molar-refractivity contribution in [3.8, 4) is 0 Å². The minimum absolute atomic E-state index is 0.321. The van der Waals surface area contributed by atoms with Crippen LogP contribution in [0.1, 0.15) is 15.9 Å². The normalized spacial score (nSPS) is 10.4. The molecule has 0 aliphatic rings. The fourth-order valence-corrected chi connectivity index (χ4v) is 2.94. The van der Waals surface area contributed by atoms with Crippen molar-refractivity contribution < 1.29 is 4.79 Å². The summed E-state index contributed by atoms with van der Waals surface area (Å²) in [5.41, 5.74) is 8.28. The summed E-state index contributed by atoms with van der Waals surface area (Å²) in [5.74, 6) is -0.321. The van der Waals surface area contributed by atoms with Crippen LogP contribution in [-0.2, 0) is 0 Å². The Hall–Kier alpha value is -1.23. The summed E-state index contributed by atoms with van der Waals surface area (Å²) in [7, 11) is 0. The molecular formula is C12H10Cl2N2OS. The molecule has 0 unspecified atom stereocenters. The Labute approximate surface area is 119 Å². The second-order valence-electron chi connectivity index (χ2n) is 3.78. The average Bonchev–Trinajstić information content (AvgIpc) is 2.62. The van der Waals surface area contributed by atoms with E-state index in [9.17, 15) is 4.79 Å². The van der Waals surface area contributed by atoms with Crippen molar-refractivity contribution in [2.45, 2.75) is 6.92 Å². The summed E-state index contributed by atoms with van der Waals surface area (Å²) >= 11 is 12.9. The largest absolute Gasteiger partial charge is 0.397 e. The van der Waals surface area contributed by atoms with Crippen LogP contribution in [0.2, 0.25) is 8.67 Å². The van der Waals surface area contributed by atoms with Gasteiger partial charge in [0.1, 0.15) is 4.34 Å². The number of hydrogen-bond acceptors (Lipinski definition) is 3. The van der Waals surface area contributed by atoms with Crippen LogP contribution >= 0.6 is 34.5 Å². The first-order chi connectivity index (χ1) is 8.47. The smallest absolute Gasteiger partial charge is 0.258 e. The predicted octanol–water partition coefficient (Wildman–Crippen LogP) is 4.20. The molecule has 0 fully saturated rings. The number of rotatable bonds is 2. The molecule has 0 aliphatic heterocycles. The molecule has 1 aromatic carbocycles. The molecule has 0 bridgehead atoms. The van der Waals surface area contributed by atoms with Crippen LogP contribution in [0.15, 0.2) is 24.3 Å². The molecule has 18 heavy (non-hydrogen) atoms. The van der Waals surface area contributed by atoms with Crippen LogP contribution in [0, 0.1) is 6.92 Å². The number of nitrogens with two attached hydrogens (primary N) is 1. The SMILES string of the molecule is Cc1ccc(NC(=O)c2cc(Cl)sc2Cl)c(N)c1. The molecule has 1 aromatic heterocycles. The third-order valence-corrected chi connectivity index (χ3v) is 3.84. The van der Waals surface area contributed by atoms with Gasteiger partial charge in [-0.3, -0.25) is 4.79 Å². The van der Waals surface area contributed by atoms with Crippen molar-refractivity contribution in [1.82, 2.24) is 0 Å². The van der Waals surface area contributed by atoms with E-state index in [1.54, 1.807) is 12.1 Å². The standard InChI is InChI=1S/C12H10Cl2N2OS/c1-6-2-3-9(8(15)4-6)16-12(17)7-5-10(13)18-11(7)14/h2-5H,15H2,1H3,(H,16,17). The number of thiophene rings is 1. The average molecular weight is 301 g/mol. The van der Waals surface area contributed by atoms with E-state index in [1.165, 1.54) is 6.07 Å². The number of carbonyl (C=O) groups is 1. The van der Waals surface area contributed by atoms with Gasteiger partial charge >= 0.3 is 0 Å². The number of halogens is 2. The molecule has 0 aliphatic carbocycles. The summed E-state index contributed by atoms with van der Waals surface area (Å²) in [6, 6.07) is 6.95. The molecule has 1 amide bonds. The number of benzene rings is 1. The zero-order chi connectivity index (χ0) is 13.3. The van der Waals surface area contributed by atoms with Gasteiger partial charge in [0.25, 0.3) is 5.91 Å². The highest BCUT2D eigenvalue weighted by Gasteiger charge is 2.15. The lowest BCUT2D eigenvalue weighted by atomic mass is 10.2. The maximum Gasteiger partial charge on any atom is 0.258 e. The number of nitrogens with one attached hydrogen (secondary N) is 1. The second-order valence-corrected chi connectivity index (χ2v) is 6.07. The fourth-order valence-electron chi connectivity index (χ4n) is 1.48. The lowest BCUT2D eigenvalue weighted by Gasteiger charge is -2.08. The fraction of sp³-hybridized carbons (Fsp3) is 0.0833. The summed E-state index contributed by atoms with van der Waals surface area (Å²) in [6.07, 6.45) is 0. The van der Waals surface area contributed by atoms with Gasteiger partial charge in [-0.25, -0.2) is 0 Å². The first kappa shape index (κ1) is 13.2. The van der Waals surface area contributed by atoms with Crippen molar-refractivity contribution in [2.24, 2.45) is 0 Å². The molecule has 0 radical (unpaired) electrons. The second kappa shape index (κ2) is 5.18. The van der Waals surface area contributed by atoms with Gasteiger partial charge < -0.3 is 11.1 Å². The van der Waals surface area contributed by atoms with E-state index in [4.69, 9.17) is 28.9 Å². The molecule has 0 saturated heterocycles. The minimum Gasteiger partial charge on any atom is -0.397 e. The first-order valence-electron chi connectivity index (χ1n) is 5.09. The maximum atomic E-state index is 12.0. The van der Waals surface area contributed by atoms with E-state index in [1.807, 2.05) is 13.0 Å². The number of hydrogen-bond donors (Lipinski definition) is 2. The quantitative estimate of drug-likeness (QED) is 0.817. The Balaban J connectivity index is 2.24. The van der Waals surface area contributed by atoms with E-state index in [0.717, 1.165) is 16.9 Å². The highest BCUT2D eigenvalue weighted by molar-refractivity contribution is 7.20. The third kappa shape index (κ3) is 2.77. The Morgan fingerprint density at radius 2 is 2.06 bits per heavy atom. The highest BCUT2D eigenvalue weighted by atomic mass is 35.5. The monoisotopic (exact) mass is 300 g/mol. The van der Waals surface area contributed by atoms with Crippen molar-refractivity contribution >= 4 is 51.8 Å². The molecule has 3 N–H and O–H groups in total. The van der Waals surface area contributed by atoms with Crippen molar-refractivity contribution in [3.63, 3.8) is 0 Å². The Kier molecular flexibility index (Phi) is 3.80. The lowest BCUT2D eigenvalue weighted by Crippen LogP contribution is -2.12. The molecule has 0 saturated carbocycles. The maximum absolute atomic E-state index is 12.0. The molecule has 2 rings (SSSR count). The number of aryl methyl sites for hydroxylation is 1. The first-order valence-corrected chi connectivity index (χ1v) is 6.67. The van der Waals surface area contributed by atoms with E-state index in [2.05, 4.69) is 5.32 Å². The van der Waals surface area contributed by atoms with Gasteiger partial charge in [-0.2, -0.15) is 0 Å². The predicted molar refractivity (Wildman–Crippen MR) is 77.9 cm³/mol. The van der Waals surface area contributed by atoms with E-state index in [-0.39, 0.29) is 5.91 Å². The molecule has 94 valence electrons. The van der Waals surface area contributed by atoms with Crippen molar-refractivity contribution in [3.05, 3.63) is 44.1 Å². The van der Waals surface area contributed by atoms with Gasteiger partial charge in [-0.15, -0.1) is 11.3 Å². The van der Waals surface area contributed by atoms with E-state index < -0.39 is 0 Å². The molecular weight excluding hydrogens is 291 g/mol. The summed E-state index contributed by atoms with van der Waals surface area (Å²) in [6.45, 7) is 1.93. The van der Waals surface area contributed by atoms with E-state index >= 15 is 0 Å². The molecule has 2 aromatic rings. The van der Waals surface area contributed by atoms with Gasteiger partial charge in [0.2, 0.25) is 0 Å². The third-order valence-electron chi connectivity index (χ3n) is 2.36. The van der Waals surface area contributed by atoms with Crippen LogP contribution in [0.25, 0.3) is 0 Å². The van der Waals surface area contributed by atoms with Crippen LogP contribution in [0.3, 0.4) is 0 Å². The van der Waals surface area contributed by atoms with Crippen molar-refractivity contribution in [1.29, 1.82) is 0 Å². The van der Waals surface area contributed by atoms with Crippen molar-refractivity contribution in [2.75, 3.05) is 11.1 Å². The molecule has 6 heteroatoms. The van der Waals surface area contributed by atoms with Crippen LogP contribution in [-0.4, -0.2) is 5.91 Å². The summed E-state index contributed by atoms with van der Waals surface area (Å²) in [4.78, 5) is 12.0. The van der Waals surface area contributed by atoms with Gasteiger partial charge in [0.05, 0.1) is 21.3 Å². The molecule has 0 spiro atoms. The van der Waals surface area contributed by atoms with E-state index in [0.29, 0.717) is 25.6 Å². The molecule has 0 atom stereocenters. The number of amides is 1. The number of nitrogen functional groups attached to an aromatic ring is 1. The van der Waals surface area contributed by atoms with Gasteiger partial charge in [-0.1, -0.05) is 29.3 Å². The lowest BCUT2D eigenvalue weighted by molar-refractivity contribution is 0.102. The highest BCUT2D eigenvalue weighted by Crippen LogP contribution is 2.32.